The zero-order chi connectivity index (χ0) is 16.0. The lowest BCUT2D eigenvalue weighted by Crippen LogP contribution is -2.17. The summed E-state index contributed by atoms with van der Waals surface area (Å²) in [5, 5.41) is 0. The Bertz CT molecular complexity index is 474. The standard InChI is InChI=1S/C17H28/c1-12(2)13-9-14(16(3,4)5)11-15(10-13)17(6,7)8/h9-12H,1-8H3/i9D,10D,11D. The maximum atomic E-state index is 8.54. The van der Waals surface area contributed by atoms with Crippen molar-refractivity contribution in [1.29, 1.82) is 0 Å². The van der Waals surface area contributed by atoms with Crippen molar-refractivity contribution in [2.45, 2.75) is 72.1 Å². The van der Waals surface area contributed by atoms with E-state index in [1.54, 1.807) is 0 Å². The molecule has 0 aliphatic heterocycles. The maximum absolute atomic E-state index is 8.54. The fourth-order valence-electron chi connectivity index (χ4n) is 1.53. The molecule has 0 heterocycles. The van der Waals surface area contributed by atoms with E-state index in [0.717, 1.165) is 16.7 Å². The number of hydrogen-bond acceptors (Lipinski definition) is 0. The summed E-state index contributed by atoms with van der Waals surface area (Å²) in [6, 6.07) is 1.15. The van der Waals surface area contributed by atoms with Gasteiger partial charge in [-0.05, 0) is 33.4 Å². The highest BCUT2D eigenvalue weighted by Crippen LogP contribution is 2.32. The lowest BCUT2D eigenvalue weighted by atomic mass is 9.78. The van der Waals surface area contributed by atoms with Gasteiger partial charge in [0.05, 0.1) is 4.11 Å². The van der Waals surface area contributed by atoms with Gasteiger partial charge in [-0.2, -0.15) is 0 Å². The third-order valence-corrected chi connectivity index (χ3v) is 2.85. The molecule has 0 nitrogen and oxygen atoms in total. The summed E-state index contributed by atoms with van der Waals surface area (Å²) in [4.78, 5) is 0. The van der Waals surface area contributed by atoms with Crippen molar-refractivity contribution in [3.63, 3.8) is 0 Å². The van der Waals surface area contributed by atoms with Gasteiger partial charge in [-0.3, -0.25) is 0 Å². The van der Waals surface area contributed by atoms with Crippen molar-refractivity contribution in [3.8, 4) is 0 Å². The van der Waals surface area contributed by atoms with Crippen LogP contribution in [0.2, 0.25) is 0 Å². The van der Waals surface area contributed by atoms with E-state index in [1.807, 2.05) is 55.4 Å². The van der Waals surface area contributed by atoms with E-state index >= 15 is 0 Å². The summed E-state index contributed by atoms with van der Waals surface area (Å²) in [6.45, 7) is 16.3. The second-order valence-electron chi connectivity index (χ2n) is 7.19. The molecule has 0 N–H and O–H groups in total. The van der Waals surface area contributed by atoms with Gasteiger partial charge in [-0.15, -0.1) is 0 Å². The van der Waals surface area contributed by atoms with E-state index in [0.29, 0.717) is 18.1 Å². The molecule has 0 aliphatic rings. The van der Waals surface area contributed by atoms with E-state index < -0.39 is 0 Å². The third kappa shape index (κ3) is 3.59. The Morgan fingerprint density at radius 3 is 1.41 bits per heavy atom. The second kappa shape index (κ2) is 4.48. The predicted octanol–water partition coefficient (Wildman–Crippen LogP) is 5.41. The van der Waals surface area contributed by atoms with Gasteiger partial charge in [0.15, 0.2) is 0 Å². The zero-order valence-electron chi connectivity index (χ0n) is 15.6. The van der Waals surface area contributed by atoms with Crippen molar-refractivity contribution >= 4 is 0 Å². The molecule has 0 amide bonds. The quantitative estimate of drug-likeness (QED) is 0.611. The number of hydrogen-bond donors (Lipinski definition) is 0. The van der Waals surface area contributed by atoms with E-state index in [2.05, 4.69) is 0 Å². The normalized spacial score (nSPS) is 15.7. The largest absolute Gasteiger partial charge is 0.0629 e. The third-order valence-electron chi connectivity index (χ3n) is 2.85. The molecule has 0 unspecified atom stereocenters. The highest BCUT2D eigenvalue weighted by molar-refractivity contribution is 5.38. The number of rotatable bonds is 1. The average Bonchev–Trinajstić information content (AvgIpc) is 2.09. The SMILES string of the molecule is [2H]c1c(C(C)C)c([2H])c(C(C)(C)C)c([2H])c1C(C)(C)C. The van der Waals surface area contributed by atoms with Gasteiger partial charge in [0.1, 0.15) is 0 Å². The molecular weight excluding hydrogens is 204 g/mol. The monoisotopic (exact) mass is 235 g/mol. The van der Waals surface area contributed by atoms with Crippen molar-refractivity contribution in [3.05, 3.63) is 34.8 Å². The summed E-state index contributed by atoms with van der Waals surface area (Å²) < 4.78 is 25.5. The zero-order valence-corrected chi connectivity index (χ0v) is 12.6. The van der Waals surface area contributed by atoms with Crippen LogP contribution in [0.5, 0.6) is 0 Å². The predicted molar refractivity (Wildman–Crippen MR) is 77.9 cm³/mol. The Labute approximate surface area is 112 Å². The lowest BCUT2D eigenvalue weighted by molar-refractivity contribution is 0.565. The molecule has 0 aromatic heterocycles. The molecule has 0 heteroatoms. The first kappa shape index (κ1) is 10.2. The Morgan fingerprint density at radius 2 is 1.18 bits per heavy atom. The minimum absolute atomic E-state index is 0.123. The van der Waals surface area contributed by atoms with Gasteiger partial charge in [-0.25, -0.2) is 0 Å². The van der Waals surface area contributed by atoms with Crippen LogP contribution in [0, 0.1) is 0 Å². The molecule has 0 fully saturated rings. The van der Waals surface area contributed by atoms with Crippen LogP contribution in [0.4, 0.5) is 0 Å². The first-order chi connectivity index (χ1) is 8.80. The molecule has 0 bridgehead atoms. The van der Waals surface area contributed by atoms with Crippen LogP contribution >= 0.6 is 0 Å². The highest BCUT2D eigenvalue weighted by atomic mass is 14.3. The minimum atomic E-state index is -0.258. The minimum Gasteiger partial charge on any atom is -0.0587 e. The highest BCUT2D eigenvalue weighted by Gasteiger charge is 2.20. The molecule has 17 heavy (non-hydrogen) atoms. The second-order valence-corrected chi connectivity index (χ2v) is 7.19. The topological polar surface area (TPSA) is 0 Å². The Kier molecular flexibility index (Phi) is 2.68. The van der Waals surface area contributed by atoms with E-state index in [4.69, 9.17) is 4.11 Å². The van der Waals surface area contributed by atoms with Gasteiger partial charge in [0.25, 0.3) is 0 Å². The van der Waals surface area contributed by atoms with Crippen molar-refractivity contribution < 1.29 is 4.11 Å². The van der Waals surface area contributed by atoms with E-state index in [1.165, 1.54) is 0 Å². The molecular formula is C17H28. The molecule has 96 valence electrons. The molecule has 0 aliphatic carbocycles. The van der Waals surface area contributed by atoms with Crippen molar-refractivity contribution in [1.82, 2.24) is 0 Å². The van der Waals surface area contributed by atoms with Crippen molar-refractivity contribution in [2.24, 2.45) is 0 Å². The van der Waals surface area contributed by atoms with Gasteiger partial charge in [0.2, 0.25) is 0 Å². The summed E-state index contributed by atoms with van der Waals surface area (Å²) in [7, 11) is 0. The van der Waals surface area contributed by atoms with Crippen LogP contribution in [0.15, 0.2) is 18.1 Å². The Morgan fingerprint density at radius 1 is 0.824 bits per heavy atom. The smallest absolute Gasteiger partial charge is 0.0587 e. The molecule has 0 spiro atoms. The summed E-state index contributed by atoms with van der Waals surface area (Å²) in [5.74, 6) is 0.123. The first-order valence-corrected chi connectivity index (χ1v) is 6.44. The van der Waals surface area contributed by atoms with Gasteiger partial charge < -0.3 is 0 Å². The van der Waals surface area contributed by atoms with Gasteiger partial charge in [0, 0.05) is 0 Å². The van der Waals surface area contributed by atoms with Crippen LogP contribution in [-0.2, 0) is 10.8 Å². The molecule has 0 atom stereocenters. The first-order valence-electron chi connectivity index (χ1n) is 7.94. The summed E-state index contributed by atoms with van der Waals surface area (Å²) in [6.07, 6.45) is 0. The van der Waals surface area contributed by atoms with Gasteiger partial charge >= 0.3 is 0 Å². The fourth-order valence-corrected chi connectivity index (χ4v) is 1.53. The average molecular weight is 235 g/mol. The maximum Gasteiger partial charge on any atom is 0.0629 e. The van der Waals surface area contributed by atoms with Gasteiger partial charge in [-0.1, -0.05) is 73.5 Å². The van der Waals surface area contributed by atoms with E-state index in [9.17, 15) is 0 Å². The van der Waals surface area contributed by atoms with Crippen LogP contribution in [0.1, 0.15) is 82.1 Å². The molecule has 0 saturated heterocycles. The van der Waals surface area contributed by atoms with Crippen LogP contribution in [0.25, 0.3) is 0 Å². The lowest BCUT2D eigenvalue weighted by Gasteiger charge is -2.27. The molecule has 0 saturated carbocycles. The van der Waals surface area contributed by atoms with Crippen LogP contribution < -0.4 is 0 Å². The molecule has 0 radical (unpaired) electrons. The van der Waals surface area contributed by atoms with Crippen LogP contribution in [-0.4, -0.2) is 0 Å². The summed E-state index contributed by atoms with van der Waals surface area (Å²) in [5.41, 5.74) is 1.79. The fraction of sp³-hybridized carbons (Fsp3) is 0.647. The Balaban J connectivity index is 3.95. The molecule has 1 aromatic carbocycles. The molecule has 1 aromatic rings. The summed E-state index contributed by atoms with van der Waals surface area (Å²) >= 11 is 0. The number of benzene rings is 1. The van der Waals surface area contributed by atoms with Crippen LogP contribution in [0.3, 0.4) is 0 Å². The van der Waals surface area contributed by atoms with Crippen molar-refractivity contribution in [2.75, 3.05) is 0 Å². The van der Waals surface area contributed by atoms with E-state index in [-0.39, 0.29) is 16.7 Å². The Hall–Kier alpha value is -0.780. The molecule has 1 rings (SSSR count).